The van der Waals surface area contributed by atoms with Gasteiger partial charge < -0.3 is 18.9 Å². The fourth-order valence-electron chi connectivity index (χ4n) is 3.86. The van der Waals surface area contributed by atoms with Crippen LogP contribution in [0.1, 0.15) is 5.76 Å². The number of halogens is 2. The van der Waals surface area contributed by atoms with E-state index in [1.54, 1.807) is 72.8 Å². The van der Waals surface area contributed by atoms with Crippen molar-refractivity contribution >= 4 is 51.8 Å². The summed E-state index contributed by atoms with van der Waals surface area (Å²) >= 11 is 12.2. The molecule has 0 atom stereocenters. The van der Waals surface area contributed by atoms with E-state index < -0.39 is 5.63 Å². The van der Waals surface area contributed by atoms with Gasteiger partial charge in [0.15, 0.2) is 0 Å². The summed E-state index contributed by atoms with van der Waals surface area (Å²) in [5.41, 5.74) is 2.14. The SMILES string of the molecule is COc1cc(NC(=O)/C=C/c2ccc(-c3ccc(Cl)cc3Cl)o2)ccc1-c1cc2ccccc2oc1=O. The lowest BCUT2D eigenvalue weighted by atomic mass is 10.0. The molecule has 0 saturated carbocycles. The van der Waals surface area contributed by atoms with Gasteiger partial charge in [-0.3, -0.25) is 4.79 Å². The third-order valence-corrected chi connectivity index (χ3v) is 6.17. The lowest BCUT2D eigenvalue weighted by Gasteiger charge is -2.11. The van der Waals surface area contributed by atoms with E-state index >= 15 is 0 Å². The topological polar surface area (TPSA) is 81.7 Å². The Balaban J connectivity index is 1.33. The first-order valence-corrected chi connectivity index (χ1v) is 11.9. The van der Waals surface area contributed by atoms with Gasteiger partial charge in [0.2, 0.25) is 5.91 Å². The lowest BCUT2D eigenvalue weighted by Crippen LogP contribution is -2.08. The van der Waals surface area contributed by atoms with E-state index in [2.05, 4.69) is 5.32 Å². The second-order valence-corrected chi connectivity index (χ2v) is 8.89. The normalized spacial score (nSPS) is 11.2. The van der Waals surface area contributed by atoms with Crippen molar-refractivity contribution < 1.29 is 18.4 Å². The van der Waals surface area contributed by atoms with Gasteiger partial charge in [0.1, 0.15) is 22.9 Å². The number of fused-ring (bicyclic) bond motifs is 1. The van der Waals surface area contributed by atoms with Crippen molar-refractivity contribution in [1.29, 1.82) is 0 Å². The van der Waals surface area contributed by atoms with Crippen LogP contribution in [0.2, 0.25) is 10.0 Å². The molecule has 1 N–H and O–H groups in total. The van der Waals surface area contributed by atoms with E-state index in [4.69, 9.17) is 36.8 Å². The van der Waals surface area contributed by atoms with Crippen LogP contribution in [0.25, 0.3) is 39.5 Å². The maximum absolute atomic E-state index is 12.6. The van der Waals surface area contributed by atoms with Crippen LogP contribution in [0.3, 0.4) is 0 Å². The predicted molar refractivity (Wildman–Crippen MR) is 146 cm³/mol. The number of hydrogen-bond acceptors (Lipinski definition) is 5. The highest BCUT2D eigenvalue weighted by Gasteiger charge is 2.14. The number of benzene rings is 3. The number of carbonyl (C=O) groups excluding carboxylic acids is 1. The quantitative estimate of drug-likeness (QED) is 0.179. The second-order valence-electron chi connectivity index (χ2n) is 8.05. The molecule has 0 saturated heterocycles. The van der Waals surface area contributed by atoms with Crippen molar-refractivity contribution in [3.05, 3.63) is 111 Å². The molecule has 5 rings (SSSR count). The van der Waals surface area contributed by atoms with E-state index in [0.717, 1.165) is 5.39 Å². The molecular weight excluding hydrogens is 513 g/mol. The molecule has 5 aromatic rings. The number of hydrogen-bond donors (Lipinski definition) is 1. The molecule has 0 fully saturated rings. The van der Waals surface area contributed by atoms with Crippen molar-refractivity contribution in [3.63, 3.8) is 0 Å². The lowest BCUT2D eigenvalue weighted by molar-refractivity contribution is -0.111. The number of furan rings is 1. The summed E-state index contributed by atoms with van der Waals surface area (Å²) < 4.78 is 16.7. The highest BCUT2D eigenvalue weighted by Crippen LogP contribution is 2.33. The third kappa shape index (κ3) is 5.31. The first kappa shape index (κ1) is 24.4. The van der Waals surface area contributed by atoms with Crippen LogP contribution in [0.5, 0.6) is 5.75 Å². The molecule has 2 heterocycles. The average molecular weight is 532 g/mol. The number of anilines is 1. The minimum atomic E-state index is -0.477. The summed E-state index contributed by atoms with van der Waals surface area (Å²) in [6, 6.07) is 22.7. The number of amides is 1. The number of rotatable bonds is 6. The fraction of sp³-hybridized carbons (Fsp3) is 0.0345. The number of methoxy groups -OCH3 is 1. The largest absolute Gasteiger partial charge is 0.496 e. The molecule has 0 aliphatic rings. The van der Waals surface area contributed by atoms with Crippen molar-refractivity contribution in [2.24, 2.45) is 0 Å². The Morgan fingerprint density at radius 2 is 1.70 bits per heavy atom. The highest BCUT2D eigenvalue weighted by atomic mass is 35.5. The Labute approximate surface area is 221 Å². The van der Waals surface area contributed by atoms with Gasteiger partial charge >= 0.3 is 5.63 Å². The zero-order valence-electron chi connectivity index (χ0n) is 19.5. The summed E-state index contributed by atoms with van der Waals surface area (Å²) in [5, 5.41) is 4.57. The van der Waals surface area contributed by atoms with Crippen LogP contribution in [0.4, 0.5) is 5.69 Å². The van der Waals surface area contributed by atoms with E-state index in [0.29, 0.717) is 55.3 Å². The molecule has 37 heavy (non-hydrogen) atoms. The molecule has 2 aromatic heterocycles. The standard InChI is InChI=1S/C29H19Cl2NO5/c1-35-27-16-19(7-11-21(27)23-14-17-4-2-3-5-25(17)37-29(23)34)32-28(33)13-9-20-8-12-26(36-20)22-10-6-18(30)15-24(22)31/h2-16H,1H3,(H,32,33)/b13-9+. The zero-order valence-corrected chi connectivity index (χ0v) is 21.0. The van der Waals surface area contributed by atoms with Gasteiger partial charge in [0, 0.05) is 39.4 Å². The van der Waals surface area contributed by atoms with E-state index in [-0.39, 0.29) is 5.91 Å². The number of ether oxygens (including phenoxy) is 1. The Bertz CT molecular complexity index is 1720. The maximum atomic E-state index is 12.6. The summed E-state index contributed by atoms with van der Waals surface area (Å²) in [4.78, 5) is 25.1. The van der Waals surface area contributed by atoms with Gasteiger partial charge in [-0.15, -0.1) is 0 Å². The molecule has 0 unspecified atom stereocenters. The molecule has 0 bridgehead atoms. The number of carbonyl (C=O) groups is 1. The Kier molecular flexibility index (Phi) is 6.86. The molecular formula is C29H19Cl2NO5. The molecule has 3 aromatic carbocycles. The van der Waals surface area contributed by atoms with Gasteiger partial charge in [-0.1, -0.05) is 41.4 Å². The first-order valence-electron chi connectivity index (χ1n) is 11.2. The summed E-state index contributed by atoms with van der Waals surface area (Å²) in [7, 11) is 1.49. The van der Waals surface area contributed by atoms with Gasteiger partial charge in [0.05, 0.1) is 17.7 Å². The van der Waals surface area contributed by atoms with Crippen molar-refractivity contribution in [3.8, 4) is 28.2 Å². The van der Waals surface area contributed by atoms with Crippen molar-refractivity contribution in [1.82, 2.24) is 0 Å². The van der Waals surface area contributed by atoms with E-state index in [1.807, 2.05) is 12.1 Å². The van der Waals surface area contributed by atoms with Gasteiger partial charge in [0.25, 0.3) is 0 Å². The maximum Gasteiger partial charge on any atom is 0.344 e. The molecule has 0 aliphatic heterocycles. The van der Waals surface area contributed by atoms with Crippen LogP contribution in [-0.4, -0.2) is 13.0 Å². The van der Waals surface area contributed by atoms with Crippen LogP contribution in [-0.2, 0) is 4.79 Å². The minimum Gasteiger partial charge on any atom is -0.496 e. The zero-order chi connectivity index (χ0) is 25.9. The second kappa shape index (κ2) is 10.4. The van der Waals surface area contributed by atoms with Crippen LogP contribution in [0, 0.1) is 0 Å². The van der Waals surface area contributed by atoms with Crippen LogP contribution < -0.4 is 15.7 Å². The average Bonchev–Trinajstić information content (AvgIpc) is 3.36. The van der Waals surface area contributed by atoms with E-state index in [1.165, 1.54) is 13.2 Å². The van der Waals surface area contributed by atoms with Crippen molar-refractivity contribution in [2.75, 3.05) is 12.4 Å². The van der Waals surface area contributed by atoms with Crippen LogP contribution in [0.15, 0.2) is 98.6 Å². The highest BCUT2D eigenvalue weighted by molar-refractivity contribution is 6.36. The first-order chi connectivity index (χ1) is 17.9. The monoisotopic (exact) mass is 531 g/mol. The smallest absolute Gasteiger partial charge is 0.344 e. The molecule has 0 spiro atoms. The Hall–Kier alpha value is -4.26. The number of para-hydroxylation sites is 1. The molecule has 1 amide bonds. The summed E-state index contributed by atoms with van der Waals surface area (Å²) in [5.74, 6) is 1.08. The van der Waals surface area contributed by atoms with Gasteiger partial charge in [-0.2, -0.15) is 0 Å². The molecule has 0 aliphatic carbocycles. The Morgan fingerprint density at radius 1 is 0.892 bits per heavy atom. The molecule has 0 radical (unpaired) electrons. The van der Waals surface area contributed by atoms with Crippen LogP contribution >= 0.6 is 23.2 Å². The minimum absolute atomic E-state index is 0.364. The number of nitrogens with one attached hydrogen (secondary N) is 1. The summed E-state index contributed by atoms with van der Waals surface area (Å²) in [6.07, 6.45) is 2.90. The summed E-state index contributed by atoms with van der Waals surface area (Å²) in [6.45, 7) is 0. The molecule has 184 valence electrons. The van der Waals surface area contributed by atoms with Gasteiger partial charge in [-0.25, -0.2) is 4.79 Å². The molecule has 8 heteroatoms. The fourth-order valence-corrected chi connectivity index (χ4v) is 4.36. The van der Waals surface area contributed by atoms with E-state index in [9.17, 15) is 9.59 Å². The third-order valence-electron chi connectivity index (χ3n) is 5.62. The Morgan fingerprint density at radius 3 is 2.51 bits per heavy atom. The predicted octanol–water partition coefficient (Wildman–Crippen LogP) is 7.69. The molecule has 6 nitrogen and oxygen atoms in total. The van der Waals surface area contributed by atoms with Gasteiger partial charge in [-0.05, 0) is 60.7 Å². The van der Waals surface area contributed by atoms with Crippen molar-refractivity contribution in [2.45, 2.75) is 0 Å².